The van der Waals surface area contributed by atoms with Gasteiger partial charge in [0, 0.05) is 25.5 Å². The maximum atomic E-state index is 5.62. The van der Waals surface area contributed by atoms with E-state index in [0.717, 1.165) is 32.0 Å². The van der Waals surface area contributed by atoms with Crippen LogP contribution in [0.25, 0.3) is 0 Å². The molecule has 0 fully saturated rings. The molecule has 92 valence electrons. The molecule has 3 N–H and O–H groups in total. The van der Waals surface area contributed by atoms with Crippen molar-refractivity contribution < 1.29 is 0 Å². The highest BCUT2D eigenvalue weighted by molar-refractivity contribution is 5.25. The summed E-state index contributed by atoms with van der Waals surface area (Å²) in [7, 11) is 0. The minimum absolute atomic E-state index is 0.664. The third-order valence-electron chi connectivity index (χ3n) is 2.88. The molecule has 0 amide bonds. The minimum Gasteiger partial charge on any atom is -0.355 e. The monoisotopic (exact) mass is 224 g/mol. The first-order valence-electron chi connectivity index (χ1n) is 6.26. The number of imidazole rings is 1. The molecule has 4 nitrogen and oxygen atoms in total. The standard InChI is InChI=1S/C12H24N4/c1-3-5-11(6-7-13)10-15-12-14-8-9-16(12)4-2/h8-9,11H,3-7,10,13H2,1-2H3,(H,14,15). The van der Waals surface area contributed by atoms with E-state index in [2.05, 4.69) is 28.7 Å². The molecule has 0 spiro atoms. The molecule has 0 bridgehead atoms. The summed E-state index contributed by atoms with van der Waals surface area (Å²) in [6.07, 6.45) is 7.38. The van der Waals surface area contributed by atoms with E-state index in [0.29, 0.717) is 5.92 Å². The summed E-state index contributed by atoms with van der Waals surface area (Å²) < 4.78 is 2.12. The molecule has 1 unspecified atom stereocenters. The molecule has 0 saturated carbocycles. The van der Waals surface area contributed by atoms with Crippen LogP contribution in [-0.4, -0.2) is 22.6 Å². The number of nitrogens with zero attached hydrogens (tertiary/aromatic N) is 2. The smallest absolute Gasteiger partial charge is 0.202 e. The van der Waals surface area contributed by atoms with Gasteiger partial charge in [-0.3, -0.25) is 0 Å². The van der Waals surface area contributed by atoms with Crippen molar-refractivity contribution in [1.29, 1.82) is 0 Å². The Balaban J connectivity index is 2.41. The van der Waals surface area contributed by atoms with E-state index >= 15 is 0 Å². The highest BCUT2D eigenvalue weighted by atomic mass is 15.2. The van der Waals surface area contributed by atoms with Crippen LogP contribution in [0.3, 0.4) is 0 Å². The van der Waals surface area contributed by atoms with Gasteiger partial charge in [0.15, 0.2) is 0 Å². The van der Waals surface area contributed by atoms with Crippen LogP contribution in [0.5, 0.6) is 0 Å². The van der Waals surface area contributed by atoms with E-state index < -0.39 is 0 Å². The lowest BCUT2D eigenvalue weighted by Crippen LogP contribution is -2.19. The molecule has 1 heterocycles. The molecule has 16 heavy (non-hydrogen) atoms. The normalized spacial score (nSPS) is 12.7. The molecular weight excluding hydrogens is 200 g/mol. The van der Waals surface area contributed by atoms with Crippen LogP contribution in [0.2, 0.25) is 0 Å². The fourth-order valence-electron chi connectivity index (χ4n) is 1.96. The quantitative estimate of drug-likeness (QED) is 0.711. The Labute approximate surface area is 98.2 Å². The van der Waals surface area contributed by atoms with Gasteiger partial charge in [0.1, 0.15) is 0 Å². The first-order chi connectivity index (χ1) is 7.81. The largest absolute Gasteiger partial charge is 0.355 e. The number of rotatable bonds is 8. The van der Waals surface area contributed by atoms with Crippen molar-refractivity contribution >= 4 is 5.95 Å². The lowest BCUT2D eigenvalue weighted by atomic mass is 10.00. The average molecular weight is 224 g/mol. The van der Waals surface area contributed by atoms with Crippen LogP contribution in [-0.2, 0) is 6.54 Å². The number of nitrogens with two attached hydrogens (primary N) is 1. The Morgan fingerprint density at radius 2 is 2.25 bits per heavy atom. The molecule has 1 aromatic rings. The fourth-order valence-corrected chi connectivity index (χ4v) is 1.96. The van der Waals surface area contributed by atoms with E-state index in [-0.39, 0.29) is 0 Å². The Morgan fingerprint density at radius 3 is 2.88 bits per heavy atom. The Hall–Kier alpha value is -1.03. The number of nitrogens with one attached hydrogen (secondary N) is 1. The number of hydrogen-bond acceptors (Lipinski definition) is 3. The van der Waals surface area contributed by atoms with Crippen LogP contribution in [0.15, 0.2) is 12.4 Å². The SMILES string of the molecule is CCCC(CCN)CNc1nccn1CC. The third-order valence-corrected chi connectivity index (χ3v) is 2.88. The third kappa shape index (κ3) is 3.85. The lowest BCUT2D eigenvalue weighted by molar-refractivity contribution is 0.471. The summed E-state index contributed by atoms with van der Waals surface area (Å²) >= 11 is 0. The predicted octanol–water partition coefficient (Wildman–Crippen LogP) is 2.08. The lowest BCUT2D eigenvalue weighted by Gasteiger charge is -2.16. The van der Waals surface area contributed by atoms with Gasteiger partial charge in [-0.05, 0) is 32.2 Å². The van der Waals surface area contributed by atoms with Crippen LogP contribution in [0.1, 0.15) is 33.1 Å². The van der Waals surface area contributed by atoms with Gasteiger partial charge in [0.05, 0.1) is 0 Å². The molecule has 0 saturated heterocycles. The van der Waals surface area contributed by atoms with E-state index in [1.54, 1.807) is 0 Å². The maximum absolute atomic E-state index is 5.62. The molecule has 0 aliphatic carbocycles. The van der Waals surface area contributed by atoms with Crippen molar-refractivity contribution in [2.75, 3.05) is 18.4 Å². The summed E-state index contributed by atoms with van der Waals surface area (Å²) in [4.78, 5) is 4.30. The first kappa shape index (κ1) is 13.0. The fraction of sp³-hybridized carbons (Fsp3) is 0.750. The van der Waals surface area contributed by atoms with Crippen molar-refractivity contribution in [3.63, 3.8) is 0 Å². The van der Waals surface area contributed by atoms with Gasteiger partial charge >= 0.3 is 0 Å². The molecule has 1 aromatic heterocycles. The first-order valence-corrected chi connectivity index (χ1v) is 6.26. The zero-order chi connectivity index (χ0) is 11.8. The Morgan fingerprint density at radius 1 is 1.44 bits per heavy atom. The summed E-state index contributed by atoms with van der Waals surface area (Å²) in [5, 5.41) is 3.41. The molecule has 0 aliphatic rings. The highest BCUT2D eigenvalue weighted by Crippen LogP contribution is 2.12. The van der Waals surface area contributed by atoms with Crippen molar-refractivity contribution in [2.24, 2.45) is 11.7 Å². The number of hydrogen-bond donors (Lipinski definition) is 2. The van der Waals surface area contributed by atoms with Gasteiger partial charge in [-0.1, -0.05) is 13.3 Å². The van der Waals surface area contributed by atoms with Gasteiger partial charge in [-0.15, -0.1) is 0 Å². The molecule has 4 heteroatoms. The topological polar surface area (TPSA) is 55.9 Å². The van der Waals surface area contributed by atoms with Crippen LogP contribution in [0, 0.1) is 5.92 Å². The molecule has 0 radical (unpaired) electrons. The number of aryl methyl sites for hydroxylation is 1. The number of aromatic nitrogens is 2. The molecule has 0 aromatic carbocycles. The molecule has 0 aliphatic heterocycles. The molecule has 1 atom stereocenters. The van der Waals surface area contributed by atoms with Gasteiger partial charge in [-0.25, -0.2) is 4.98 Å². The van der Waals surface area contributed by atoms with Gasteiger partial charge in [0.25, 0.3) is 0 Å². The Kier molecular flexibility index (Phi) is 5.93. The summed E-state index contributed by atoms with van der Waals surface area (Å²) in [5.41, 5.74) is 5.62. The number of anilines is 1. The zero-order valence-electron chi connectivity index (χ0n) is 10.4. The van der Waals surface area contributed by atoms with Crippen molar-refractivity contribution in [3.05, 3.63) is 12.4 Å². The minimum atomic E-state index is 0.664. The van der Waals surface area contributed by atoms with Gasteiger partial charge in [-0.2, -0.15) is 0 Å². The predicted molar refractivity (Wildman–Crippen MR) is 68.5 cm³/mol. The van der Waals surface area contributed by atoms with E-state index in [4.69, 9.17) is 5.73 Å². The average Bonchev–Trinajstić information content (AvgIpc) is 2.74. The van der Waals surface area contributed by atoms with E-state index in [9.17, 15) is 0 Å². The van der Waals surface area contributed by atoms with Crippen molar-refractivity contribution in [2.45, 2.75) is 39.7 Å². The second kappa shape index (κ2) is 7.28. The second-order valence-electron chi connectivity index (χ2n) is 4.15. The highest BCUT2D eigenvalue weighted by Gasteiger charge is 2.08. The van der Waals surface area contributed by atoms with E-state index in [1.807, 2.05) is 12.4 Å². The molecular formula is C12H24N4. The summed E-state index contributed by atoms with van der Waals surface area (Å²) in [5.74, 6) is 1.64. The second-order valence-corrected chi connectivity index (χ2v) is 4.15. The summed E-state index contributed by atoms with van der Waals surface area (Å²) in [6, 6.07) is 0. The Bertz CT molecular complexity index is 276. The zero-order valence-corrected chi connectivity index (χ0v) is 10.4. The van der Waals surface area contributed by atoms with Crippen molar-refractivity contribution in [3.8, 4) is 0 Å². The van der Waals surface area contributed by atoms with Crippen molar-refractivity contribution in [1.82, 2.24) is 9.55 Å². The van der Waals surface area contributed by atoms with Gasteiger partial charge in [0.2, 0.25) is 5.95 Å². The van der Waals surface area contributed by atoms with Crippen LogP contribution >= 0.6 is 0 Å². The maximum Gasteiger partial charge on any atom is 0.202 e. The van der Waals surface area contributed by atoms with Crippen LogP contribution in [0.4, 0.5) is 5.95 Å². The van der Waals surface area contributed by atoms with Crippen LogP contribution < -0.4 is 11.1 Å². The molecule has 1 rings (SSSR count). The van der Waals surface area contributed by atoms with Gasteiger partial charge < -0.3 is 15.6 Å². The van der Waals surface area contributed by atoms with E-state index in [1.165, 1.54) is 12.8 Å². The summed E-state index contributed by atoms with van der Waals surface area (Å²) in [6.45, 7) is 7.04.